The van der Waals surface area contributed by atoms with Crippen LogP contribution in [-0.4, -0.2) is 18.4 Å². The van der Waals surface area contributed by atoms with E-state index in [4.69, 9.17) is 4.74 Å². The van der Waals surface area contributed by atoms with Crippen LogP contribution in [0.25, 0.3) is 0 Å². The van der Waals surface area contributed by atoms with Crippen LogP contribution in [-0.2, 0) is 0 Å². The summed E-state index contributed by atoms with van der Waals surface area (Å²) in [6, 6.07) is 10.9. The lowest BCUT2D eigenvalue weighted by Gasteiger charge is -2.03. The molecule has 0 aliphatic rings. The Bertz CT molecular complexity index is 610. The second-order valence-electron chi connectivity index (χ2n) is 3.78. The number of phenolic OH excluding ortho intramolecular Hbond substituents is 1. The average molecular weight is 385 g/mol. The van der Waals surface area contributed by atoms with Gasteiger partial charge in [-0.15, -0.1) is 0 Å². The molecule has 2 rings (SSSR count). The van der Waals surface area contributed by atoms with Crippen molar-refractivity contribution in [2.45, 2.75) is 0 Å². The van der Waals surface area contributed by atoms with Crippen molar-refractivity contribution in [1.29, 1.82) is 0 Å². The molecule has 0 bridgehead atoms. The van der Waals surface area contributed by atoms with Gasteiger partial charge in [-0.05, 0) is 52.3 Å². The summed E-state index contributed by atoms with van der Waals surface area (Å²) in [5.41, 5.74) is 1.42. The summed E-state index contributed by atoms with van der Waals surface area (Å²) in [6.07, 6.45) is 1.62. The standard InChI is InChI=1S/C14H11Br2NO2/c1-19-12-4-2-11(3-5-12)17-8-9-6-10(15)7-13(16)14(9)18/h2-8,18H,1H3. The first kappa shape index (κ1) is 14.1. The number of methoxy groups -OCH3 is 1. The monoisotopic (exact) mass is 383 g/mol. The van der Waals surface area contributed by atoms with Crippen LogP contribution >= 0.6 is 31.9 Å². The van der Waals surface area contributed by atoms with Gasteiger partial charge in [0.2, 0.25) is 0 Å². The third-order valence-electron chi connectivity index (χ3n) is 2.48. The van der Waals surface area contributed by atoms with E-state index in [0.29, 0.717) is 10.0 Å². The zero-order chi connectivity index (χ0) is 13.8. The van der Waals surface area contributed by atoms with Crippen molar-refractivity contribution in [2.75, 3.05) is 7.11 Å². The van der Waals surface area contributed by atoms with E-state index >= 15 is 0 Å². The number of ether oxygens (including phenoxy) is 1. The molecule has 0 fully saturated rings. The summed E-state index contributed by atoms with van der Waals surface area (Å²) in [4.78, 5) is 4.31. The maximum absolute atomic E-state index is 9.90. The second kappa shape index (κ2) is 6.21. The molecule has 98 valence electrons. The number of phenols is 1. The van der Waals surface area contributed by atoms with E-state index in [1.165, 1.54) is 0 Å². The van der Waals surface area contributed by atoms with E-state index in [2.05, 4.69) is 36.9 Å². The molecule has 2 aromatic rings. The van der Waals surface area contributed by atoms with Crippen molar-refractivity contribution >= 4 is 43.8 Å². The Balaban J connectivity index is 2.27. The molecule has 0 aliphatic heterocycles. The Kier molecular flexibility index (Phi) is 4.61. The minimum Gasteiger partial charge on any atom is -0.506 e. The zero-order valence-corrected chi connectivity index (χ0v) is 13.3. The highest BCUT2D eigenvalue weighted by atomic mass is 79.9. The molecule has 0 saturated carbocycles. The highest BCUT2D eigenvalue weighted by Gasteiger charge is 2.05. The van der Waals surface area contributed by atoms with E-state index in [1.54, 1.807) is 25.5 Å². The maximum Gasteiger partial charge on any atom is 0.138 e. The molecule has 1 N–H and O–H groups in total. The second-order valence-corrected chi connectivity index (χ2v) is 5.55. The Morgan fingerprint density at radius 2 is 1.84 bits per heavy atom. The Hall–Kier alpha value is -1.33. The van der Waals surface area contributed by atoms with Gasteiger partial charge in [-0.2, -0.15) is 0 Å². The van der Waals surface area contributed by atoms with Gasteiger partial charge < -0.3 is 9.84 Å². The number of benzene rings is 2. The molecular formula is C14H11Br2NO2. The molecule has 0 aromatic heterocycles. The topological polar surface area (TPSA) is 41.8 Å². The van der Waals surface area contributed by atoms with Gasteiger partial charge in [-0.25, -0.2) is 0 Å². The maximum atomic E-state index is 9.90. The van der Waals surface area contributed by atoms with Crippen molar-refractivity contribution in [3.8, 4) is 11.5 Å². The van der Waals surface area contributed by atoms with E-state index in [0.717, 1.165) is 15.9 Å². The minimum absolute atomic E-state index is 0.167. The molecular weight excluding hydrogens is 374 g/mol. The zero-order valence-electron chi connectivity index (χ0n) is 10.1. The molecule has 0 atom stereocenters. The summed E-state index contributed by atoms with van der Waals surface area (Å²) in [5.74, 6) is 0.951. The number of hydrogen-bond donors (Lipinski definition) is 1. The van der Waals surface area contributed by atoms with Gasteiger partial charge in [-0.3, -0.25) is 4.99 Å². The first-order chi connectivity index (χ1) is 9.10. The quantitative estimate of drug-likeness (QED) is 0.780. The van der Waals surface area contributed by atoms with Gasteiger partial charge >= 0.3 is 0 Å². The number of aromatic hydroxyl groups is 1. The van der Waals surface area contributed by atoms with Gasteiger partial charge in [0.15, 0.2) is 0 Å². The first-order valence-corrected chi connectivity index (χ1v) is 7.05. The van der Waals surface area contributed by atoms with Crippen LogP contribution in [0.15, 0.2) is 50.3 Å². The largest absolute Gasteiger partial charge is 0.506 e. The molecule has 0 spiro atoms. The van der Waals surface area contributed by atoms with Crippen LogP contribution in [0.4, 0.5) is 5.69 Å². The van der Waals surface area contributed by atoms with Gasteiger partial charge in [-0.1, -0.05) is 15.9 Å². The predicted molar refractivity (Wildman–Crippen MR) is 83.8 cm³/mol. The molecule has 0 amide bonds. The predicted octanol–water partition coefficient (Wildman–Crippen LogP) is 4.68. The molecule has 19 heavy (non-hydrogen) atoms. The summed E-state index contributed by atoms with van der Waals surface area (Å²) in [6.45, 7) is 0. The third kappa shape index (κ3) is 3.58. The Morgan fingerprint density at radius 3 is 2.47 bits per heavy atom. The SMILES string of the molecule is COc1ccc(N=Cc2cc(Br)cc(Br)c2O)cc1. The Labute approximate surface area is 128 Å². The lowest BCUT2D eigenvalue weighted by atomic mass is 10.2. The molecule has 0 radical (unpaired) electrons. The first-order valence-electron chi connectivity index (χ1n) is 5.46. The fourth-order valence-corrected chi connectivity index (χ4v) is 2.75. The molecule has 5 heteroatoms. The molecule has 0 aliphatic carbocycles. The lowest BCUT2D eigenvalue weighted by molar-refractivity contribution is 0.415. The van der Waals surface area contributed by atoms with Crippen molar-refractivity contribution in [3.63, 3.8) is 0 Å². The van der Waals surface area contributed by atoms with Gasteiger partial charge in [0.05, 0.1) is 17.3 Å². The van der Waals surface area contributed by atoms with Crippen LogP contribution in [0.3, 0.4) is 0 Å². The average Bonchev–Trinajstić information content (AvgIpc) is 2.41. The highest BCUT2D eigenvalue weighted by molar-refractivity contribution is 9.11. The van der Waals surface area contributed by atoms with Crippen LogP contribution in [0.2, 0.25) is 0 Å². The number of rotatable bonds is 3. The molecule has 2 aromatic carbocycles. The van der Waals surface area contributed by atoms with Crippen molar-refractivity contribution < 1.29 is 9.84 Å². The summed E-state index contributed by atoms with van der Waals surface area (Å²) in [7, 11) is 1.62. The van der Waals surface area contributed by atoms with Gasteiger partial charge in [0, 0.05) is 16.3 Å². The fourth-order valence-electron chi connectivity index (χ4n) is 1.50. The van der Waals surface area contributed by atoms with Crippen LogP contribution in [0.5, 0.6) is 11.5 Å². The van der Waals surface area contributed by atoms with Gasteiger partial charge in [0.1, 0.15) is 11.5 Å². The molecule has 0 saturated heterocycles. The Morgan fingerprint density at radius 1 is 1.16 bits per heavy atom. The third-order valence-corrected chi connectivity index (χ3v) is 3.55. The van der Waals surface area contributed by atoms with E-state index in [-0.39, 0.29) is 5.75 Å². The minimum atomic E-state index is 0.167. The molecule has 0 unspecified atom stereocenters. The van der Waals surface area contributed by atoms with E-state index in [9.17, 15) is 5.11 Å². The summed E-state index contributed by atoms with van der Waals surface area (Å²) >= 11 is 6.66. The number of hydrogen-bond acceptors (Lipinski definition) is 3. The van der Waals surface area contributed by atoms with Crippen molar-refractivity contribution in [1.82, 2.24) is 0 Å². The number of aliphatic imine (C=N–C) groups is 1. The molecule has 0 heterocycles. The van der Waals surface area contributed by atoms with Crippen LogP contribution in [0.1, 0.15) is 5.56 Å². The fraction of sp³-hybridized carbons (Fsp3) is 0.0714. The van der Waals surface area contributed by atoms with Gasteiger partial charge in [0.25, 0.3) is 0 Å². The normalized spacial score (nSPS) is 10.9. The van der Waals surface area contributed by atoms with E-state index in [1.807, 2.05) is 24.3 Å². The lowest BCUT2D eigenvalue weighted by Crippen LogP contribution is -1.84. The summed E-state index contributed by atoms with van der Waals surface area (Å²) < 4.78 is 6.57. The summed E-state index contributed by atoms with van der Waals surface area (Å²) in [5, 5.41) is 9.90. The number of nitrogens with zero attached hydrogens (tertiary/aromatic N) is 1. The number of halogens is 2. The smallest absolute Gasteiger partial charge is 0.138 e. The van der Waals surface area contributed by atoms with Crippen LogP contribution < -0.4 is 4.74 Å². The van der Waals surface area contributed by atoms with E-state index < -0.39 is 0 Å². The van der Waals surface area contributed by atoms with Crippen molar-refractivity contribution in [3.05, 3.63) is 50.9 Å². The molecule has 3 nitrogen and oxygen atoms in total. The van der Waals surface area contributed by atoms with Crippen LogP contribution in [0, 0.1) is 0 Å². The highest BCUT2D eigenvalue weighted by Crippen LogP contribution is 2.31. The van der Waals surface area contributed by atoms with Crippen molar-refractivity contribution in [2.24, 2.45) is 4.99 Å².